The van der Waals surface area contributed by atoms with Gasteiger partial charge in [-0.1, -0.05) is 50.2 Å². The maximum Gasteiger partial charge on any atom is 0.416 e. The summed E-state index contributed by atoms with van der Waals surface area (Å²) in [6.45, 7) is 14.9. The van der Waals surface area contributed by atoms with Gasteiger partial charge in [-0.25, -0.2) is 13.1 Å². The summed E-state index contributed by atoms with van der Waals surface area (Å²) < 4.78 is 94.2. The number of anilines is 2. The maximum absolute atomic E-state index is 12.6. The van der Waals surface area contributed by atoms with E-state index in [1.807, 2.05) is 52.0 Å². The van der Waals surface area contributed by atoms with Crippen molar-refractivity contribution in [2.24, 2.45) is 0 Å². The second kappa shape index (κ2) is 15.0. The Kier molecular flexibility index (Phi) is 11.8. The van der Waals surface area contributed by atoms with Crippen LogP contribution in [0.4, 0.5) is 24.5 Å². The first kappa shape index (κ1) is 38.6. The van der Waals surface area contributed by atoms with E-state index in [1.54, 1.807) is 0 Å². The second-order valence-corrected chi connectivity index (χ2v) is 17.0. The fraction of sp³-hybridized carbons (Fsp3) is 0.486. The Labute approximate surface area is 289 Å². The van der Waals surface area contributed by atoms with Crippen molar-refractivity contribution in [1.82, 2.24) is 13.7 Å². The van der Waals surface area contributed by atoms with Crippen LogP contribution in [0.3, 0.4) is 0 Å². The third kappa shape index (κ3) is 9.14. The first-order valence-corrected chi connectivity index (χ1v) is 19.4. The van der Waals surface area contributed by atoms with E-state index in [-0.39, 0.29) is 17.0 Å². The Hall–Kier alpha value is -3.17. The number of sulfonamides is 1. The molecule has 0 bridgehead atoms. The third-order valence-electron chi connectivity index (χ3n) is 9.15. The van der Waals surface area contributed by atoms with Gasteiger partial charge in [0.25, 0.3) is 10.2 Å². The van der Waals surface area contributed by atoms with Crippen molar-refractivity contribution in [3.63, 3.8) is 0 Å². The van der Waals surface area contributed by atoms with Gasteiger partial charge in [0.05, 0.1) is 10.5 Å². The van der Waals surface area contributed by atoms with Gasteiger partial charge in [-0.3, -0.25) is 0 Å². The number of hydrogen-bond donors (Lipinski definition) is 2. The zero-order valence-electron chi connectivity index (χ0n) is 29.0. The highest BCUT2D eigenvalue weighted by atomic mass is 32.2. The highest BCUT2D eigenvalue weighted by Crippen LogP contribution is 2.35. The Bertz CT molecular complexity index is 1790. The summed E-state index contributed by atoms with van der Waals surface area (Å²) in [5, 5.41) is 0. The summed E-state index contributed by atoms with van der Waals surface area (Å²) in [7, 11) is -7.31. The number of nitrogens with one attached hydrogen (secondary N) is 2. The van der Waals surface area contributed by atoms with Crippen molar-refractivity contribution in [3.05, 3.63) is 89.5 Å². The predicted octanol–water partition coefficient (Wildman–Crippen LogP) is 5.83. The van der Waals surface area contributed by atoms with Gasteiger partial charge in [-0.15, -0.1) is 0 Å². The van der Waals surface area contributed by atoms with Crippen molar-refractivity contribution < 1.29 is 30.0 Å². The van der Waals surface area contributed by atoms with Gasteiger partial charge in [0, 0.05) is 61.7 Å². The predicted molar refractivity (Wildman–Crippen MR) is 190 cm³/mol. The largest absolute Gasteiger partial charge is 0.416 e. The van der Waals surface area contributed by atoms with Gasteiger partial charge in [0.15, 0.2) is 0 Å². The highest BCUT2D eigenvalue weighted by Gasteiger charge is 2.35. The zero-order chi connectivity index (χ0) is 36.3. The Morgan fingerprint density at radius 1 is 0.673 bits per heavy atom. The van der Waals surface area contributed by atoms with Gasteiger partial charge in [0.2, 0.25) is 10.0 Å². The van der Waals surface area contributed by atoms with Crippen molar-refractivity contribution >= 4 is 31.6 Å². The van der Waals surface area contributed by atoms with Gasteiger partial charge in [-0.05, 0) is 88.1 Å². The molecule has 0 amide bonds. The number of hydrogen-bond acceptors (Lipinski definition) is 6. The Morgan fingerprint density at radius 3 is 1.53 bits per heavy atom. The molecule has 0 saturated carbocycles. The van der Waals surface area contributed by atoms with Crippen LogP contribution < -0.4 is 19.2 Å². The second-order valence-electron chi connectivity index (χ2n) is 13.4. The molecule has 0 fully saturated rings. The van der Waals surface area contributed by atoms with E-state index < -0.39 is 37.5 Å². The van der Waals surface area contributed by atoms with Crippen LogP contribution in [-0.2, 0) is 39.3 Å². The molecular weight excluding hydrogens is 676 g/mol. The lowest BCUT2D eigenvalue weighted by Crippen LogP contribution is -2.53. The standard InChI is InChI=1S/C19H21F3N2O2S.C16H27N3O2S/c1-18(2,24-12-11-14-5-3-4-6-17(14)24)13-23-27(25,26)16-9-7-15(8-10-16)19(20,21)22;1-5-18(6-2)22(20,21)17-13-16(3,4)19-12-11-14-9-7-8-10-15(14)19/h3-10,23H,11-13H2,1-2H3;7-10,17H,5-6,11-13H2,1-4H3. The van der Waals surface area contributed by atoms with E-state index in [4.69, 9.17) is 0 Å². The van der Waals surface area contributed by atoms with Crippen LogP contribution in [0.25, 0.3) is 0 Å². The molecule has 0 spiro atoms. The van der Waals surface area contributed by atoms with Gasteiger partial charge in [-0.2, -0.15) is 30.6 Å². The molecular formula is C35H48F3N5O4S2. The van der Waals surface area contributed by atoms with Gasteiger partial charge < -0.3 is 9.80 Å². The van der Waals surface area contributed by atoms with Crippen LogP contribution in [0.5, 0.6) is 0 Å². The number of benzene rings is 3. The number of nitrogens with zero attached hydrogens (tertiary/aromatic N) is 3. The molecule has 3 aromatic carbocycles. The molecule has 2 heterocycles. The molecule has 2 aliphatic heterocycles. The molecule has 0 unspecified atom stereocenters. The minimum absolute atomic E-state index is 0.130. The topological polar surface area (TPSA) is 102 Å². The highest BCUT2D eigenvalue weighted by molar-refractivity contribution is 7.89. The summed E-state index contributed by atoms with van der Waals surface area (Å²) in [6.07, 6.45) is -2.59. The lowest BCUT2D eigenvalue weighted by atomic mass is 10.0. The molecule has 3 aromatic rings. The fourth-order valence-electron chi connectivity index (χ4n) is 6.23. The summed E-state index contributed by atoms with van der Waals surface area (Å²) >= 11 is 0. The SMILES string of the molecule is CC(C)(CNS(=O)(=O)c1ccc(C(F)(F)F)cc1)N1CCc2ccccc21.CCN(CC)S(=O)(=O)NCC(C)(C)N1CCc2ccccc21. The maximum atomic E-state index is 12.6. The van der Waals surface area contributed by atoms with E-state index in [0.29, 0.717) is 19.6 Å². The van der Waals surface area contributed by atoms with Crippen LogP contribution >= 0.6 is 0 Å². The normalized spacial score (nSPS) is 15.2. The summed E-state index contributed by atoms with van der Waals surface area (Å²) in [5.74, 6) is 0. The van der Waals surface area contributed by atoms with E-state index in [2.05, 4.69) is 57.4 Å². The molecule has 270 valence electrons. The molecule has 0 atom stereocenters. The number of fused-ring (bicyclic) bond motifs is 2. The van der Waals surface area contributed by atoms with Gasteiger partial charge in [0.1, 0.15) is 0 Å². The smallest absolute Gasteiger partial charge is 0.365 e. The molecule has 2 N–H and O–H groups in total. The van der Waals surface area contributed by atoms with Crippen LogP contribution in [-0.4, -0.2) is 71.5 Å². The molecule has 49 heavy (non-hydrogen) atoms. The summed E-state index contributed by atoms with van der Waals surface area (Å²) in [4.78, 5) is 4.26. The minimum Gasteiger partial charge on any atom is -0.365 e. The molecule has 0 radical (unpaired) electrons. The van der Waals surface area contributed by atoms with Crippen molar-refractivity contribution in [3.8, 4) is 0 Å². The molecule has 5 rings (SSSR count). The van der Waals surface area contributed by atoms with E-state index >= 15 is 0 Å². The van der Waals surface area contributed by atoms with Gasteiger partial charge >= 0.3 is 6.18 Å². The molecule has 0 aromatic heterocycles. The van der Waals surface area contributed by atoms with Crippen molar-refractivity contribution in [2.75, 3.05) is 49.1 Å². The van der Waals surface area contributed by atoms with Crippen LogP contribution in [0, 0.1) is 0 Å². The average Bonchev–Trinajstić information content (AvgIpc) is 3.70. The van der Waals surface area contributed by atoms with E-state index in [1.165, 1.54) is 21.1 Å². The number of rotatable bonds is 12. The Morgan fingerprint density at radius 2 is 1.10 bits per heavy atom. The molecule has 14 heteroatoms. The average molecular weight is 724 g/mol. The van der Waals surface area contributed by atoms with Crippen molar-refractivity contribution in [1.29, 1.82) is 0 Å². The number of halogens is 3. The zero-order valence-corrected chi connectivity index (χ0v) is 30.6. The van der Waals surface area contributed by atoms with Crippen LogP contribution in [0.1, 0.15) is 58.2 Å². The fourth-order valence-corrected chi connectivity index (χ4v) is 8.83. The molecule has 2 aliphatic rings. The van der Waals surface area contributed by atoms with E-state index in [0.717, 1.165) is 55.9 Å². The first-order valence-electron chi connectivity index (χ1n) is 16.4. The van der Waals surface area contributed by atoms with Crippen LogP contribution in [0.15, 0.2) is 77.7 Å². The van der Waals surface area contributed by atoms with Crippen molar-refractivity contribution in [2.45, 2.75) is 76.5 Å². The number of alkyl halides is 3. The lowest BCUT2D eigenvalue weighted by Gasteiger charge is -2.38. The third-order valence-corrected chi connectivity index (χ3v) is 12.3. The summed E-state index contributed by atoms with van der Waals surface area (Å²) in [6, 6.07) is 19.8. The lowest BCUT2D eigenvalue weighted by molar-refractivity contribution is -0.137. The quantitative estimate of drug-likeness (QED) is 0.244. The molecule has 0 aliphatic carbocycles. The monoisotopic (exact) mass is 723 g/mol. The molecule has 0 saturated heterocycles. The van der Waals surface area contributed by atoms with Crippen LogP contribution in [0.2, 0.25) is 0 Å². The minimum atomic E-state index is -4.50. The van der Waals surface area contributed by atoms with E-state index in [9.17, 15) is 30.0 Å². The summed E-state index contributed by atoms with van der Waals surface area (Å²) in [5.41, 5.74) is 3.21. The first-order chi connectivity index (χ1) is 22.8. The Balaban J connectivity index is 0.000000226. The number of para-hydroxylation sites is 2. The molecule has 9 nitrogen and oxygen atoms in total.